The highest BCUT2D eigenvalue weighted by molar-refractivity contribution is 5.51. The van der Waals surface area contributed by atoms with Gasteiger partial charge in [-0.3, -0.25) is 4.90 Å². The van der Waals surface area contributed by atoms with Gasteiger partial charge in [0.15, 0.2) is 0 Å². The van der Waals surface area contributed by atoms with Gasteiger partial charge in [0.2, 0.25) is 0 Å². The minimum absolute atomic E-state index is 0.244. The number of phenols is 2. The first-order valence-corrected chi connectivity index (χ1v) is 22.4. The quantitative estimate of drug-likeness (QED) is 0.0955. The molecule has 7 rings (SSSR count). The first-order chi connectivity index (χ1) is 29.7. The molecule has 0 atom stereocenters. The van der Waals surface area contributed by atoms with Gasteiger partial charge in [0.05, 0.1) is 5.54 Å². The van der Waals surface area contributed by atoms with Crippen molar-refractivity contribution in [2.45, 2.75) is 110 Å². The Morgan fingerprint density at radius 3 is 1.06 bits per heavy atom. The van der Waals surface area contributed by atoms with Crippen LogP contribution in [0, 0.1) is 0 Å². The molecule has 0 unspecified atom stereocenters. The van der Waals surface area contributed by atoms with Crippen molar-refractivity contribution in [3.05, 3.63) is 237 Å². The summed E-state index contributed by atoms with van der Waals surface area (Å²) >= 11 is 0. The molecule has 0 saturated heterocycles. The molecule has 0 aliphatic rings. The van der Waals surface area contributed by atoms with Crippen molar-refractivity contribution in [2.24, 2.45) is 0 Å². The Morgan fingerprint density at radius 1 is 0.403 bits per heavy atom. The molecule has 62 heavy (non-hydrogen) atoms. The third-order valence-electron chi connectivity index (χ3n) is 13.0. The van der Waals surface area contributed by atoms with E-state index < -0.39 is 5.54 Å². The third kappa shape index (κ3) is 9.30. The standard InChI is InChI=1S/C59H65NO2/c1-42(2)53-34-20-24-46(55(53)61)38-57(5,6)51-32-18-22-44(36-51)40-60(59(48-26-12-9-13-27-48,49-28-14-10-15-29-49)50-30-16-11-17-31-50)41-45-23-19-33-52(37-45)58(7,8)39-47-25-21-35-54(43(3)4)56(47)62/h9-37,42-43,61-62H,38-41H2,1-8H3. The number of aromatic hydroxyl groups is 2. The summed E-state index contributed by atoms with van der Waals surface area (Å²) in [4.78, 5) is 2.67. The Bertz CT molecular complexity index is 2340. The molecule has 2 N–H and O–H groups in total. The normalized spacial score (nSPS) is 12.4. The zero-order valence-electron chi connectivity index (χ0n) is 38.1. The van der Waals surface area contributed by atoms with Crippen LogP contribution in [0.2, 0.25) is 0 Å². The Kier molecular flexibility index (Phi) is 13.3. The molecule has 0 radical (unpaired) electrons. The van der Waals surface area contributed by atoms with Gasteiger partial charge < -0.3 is 10.2 Å². The van der Waals surface area contributed by atoms with E-state index in [1.54, 1.807) is 0 Å². The summed E-state index contributed by atoms with van der Waals surface area (Å²) in [7, 11) is 0. The summed E-state index contributed by atoms with van der Waals surface area (Å²) < 4.78 is 0. The summed E-state index contributed by atoms with van der Waals surface area (Å²) in [5.74, 6) is 1.33. The molecule has 0 aliphatic carbocycles. The predicted molar refractivity (Wildman–Crippen MR) is 259 cm³/mol. The number of hydrogen-bond donors (Lipinski definition) is 2. The van der Waals surface area contributed by atoms with Crippen LogP contribution in [0.5, 0.6) is 11.5 Å². The number of para-hydroxylation sites is 2. The van der Waals surface area contributed by atoms with E-state index in [0.717, 1.165) is 35.1 Å². The van der Waals surface area contributed by atoms with Crippen molar-refractivity contribution >= 4 is 0 Å². The van der Waals surface area contributed by atoms with Gasteiger partial charge in [0.1, 0.15) is 11.5 Å². The number of benzene rings is 7. The van der Waals surface area contributed by atoms with Crippen LogP contribution in [0.4, 0.5) is 0 Å². The Labute approximate surface area is 371 Å². The average Bonchev–Trinajstić information content (AvgIpc) is 3.26. The molecule has 0 heterocycles. The smallest absolute Gasteiger partial charge is 0.122 e. The summed E-state index contributed by atoms with van der Waals surface area (Å²) in [6.45, 7) is 19.0. The van der Waals surface area contributed by atoms with E-state index in [-0.39, 0.29) is 22.7 Å². The van der Waals surface area contributed by atoms with Crippen LogP contribution in [0.15, 0.2) is 176 Å². The fourth-order valence-corrected chi connectivity index (χ4v) is 9.60. The fraction of sp³-hybridized carbons (Fsp3) is 0.288. The van der Waals surface area contributed by atoms with Crippen LogP contribution in [-0.2, 0) is 42.3 Å². The van der Waals surface area contributed by atoms with Gasteiger partial charge in [-0.25, -0.2) is 0 Å². The third-order valence-corrected chi connectivity index (χ3v) is 13.0. The van der Waals surface area contributed by atoms with E-state index in [4.69, 9.17) is 0 Å². The second-order valence-electron chi connectivity index (χ2n) is 19.2. The lowest BCUT2D eigenvalue weighted by Gasteiger charge is -2.46. The molecule has 7 aromatic rings. The molecular weight excluding hydrogens is 755 g/mol. The summed E-state index contributed by atoms with van der Waals surface area (Å²) in [5.41, 5.74) is 11.3. The first kappa shape index (κ1) is 44.2. The zero-order chi connectivity index (χ0) is 44.1. The summed E-state index contributed by atoms with van der Waals surface area (Å²) in [6.07, 6.45) is 1.44. The highest BCUT2D eigenvalue weighted by Gasteiger charge is 2.42. The van der Waals surface area contributed by atoms with Crippen molar-refractivity contribution in [1.82, 2.24) is 4.90 Å². The summed E-state index contributed by atoms with van der Waals surface area (Å²) in [6, 6.07) is 63.6. The number of phenolic OH excluding ortho intramolecular Hbond substituents is 2. The Balaban J connectivity index is 1.35. The van der Waals surface area contributed by atoms with E-state index in [1.807, 2.05) is 12.1 Å². The predicted octanol–water partition coefficient (Wildman–Crippen LogP) is 14.4. The van der Waals surface area contributed by atoms with Gasteiger partial charge in [0, 0.05) is 13.1 Å². The maximum atomic E-state index is 11.4. The second-order valence-corrected chi connectivity index (χ2v) is 19.2. The lowest BCUT2D eigenvalue weighted by Crippen LogP contribution is -2.47. The molecule has 0 bridgehead atoms. The zero-order valence-corrected chi connectivity index (χ0v) is 38.1. The van der Waals surface area contributed by atoms with Gasteiger partial charge >= 0.3 is 0 Å². The monoisotopic (exact) mass is 820 g/mol. The molecular formula is C59H65NO2. The maximum Gasteiger partial charge on any atom is 0.122 e. The van der Waals surface area contributed by atoms with Crippen LogP contribution in [0.1, 0.15) is 128 Å². The molecule has 0 spiro atoms. The van der Waals surface area contributed by atoms with Crippen molar-refractivity contribution in [3.63, 3.8) is 0 Å². The highest BCUT2D eigenvalue weighted by atomic mass is 16.3. The van der Waals surface area contributed by atoms with E-state index in [2.05, 4.69) is 224 Å². The molecule has 3 nitrogen and oxygen atoms in total. The minimum atomic E-state index is -0.660. The second kappa shape index (κ2) is 18.6. The van der Waals surface area contributed by atoms with E-state index in [9.17, 15) is 10.2 Å². The lowest BCUT2D eigenvalue weighted by molar-refractivity contribution is 0.137. The summed E-state index contributed by atoms with van der Waals surface area (Å²) in [5, 5.41) is 22.7. The van der Waals surface area contributed by atoms with Crippen LogP contribution >= 0.6 is 0 Å². The van der Waals surface area contributed by atoms with Crippen LogP contribution in [0.25, 0.3) is 0 Å². The van der Waals surface area contributed by atoms with Crippen molar-refractivity contribution in [2.75, 3.05) is 0 Å². The van der Waals surface area contributed by atoms with Crippen molar-refractivity contribution < 1.29 is 10.2 Å². The van der Waals surface area contributed by atoms with Crippen LogP contribution in [-0.4, -0.2) is 15.1 Å². The number of nitrogens with zero attached hydrogens (tertiary/aromatic N) is 1. The molecule has 318 valence electrons. The average molecular weight is 820 g/mol. The fourth-order valence-electron chi connectivity index (χ4n) is 9.60. The van der Waals surface area contributed by atoms with Gasteiger partial charge in [-0.15, -0.1) is 0 Å². The Morgan fingerprint density at radius 2 is 0.726 bits per heavy atom. The topological polar surface area (TPSA) is 43.7 Å². The molecule has 7 aromatic carbocycles. The van der Waals surface area contributed by atoms with E-state index in [0.29, 0.717) is 24.6 Å². The van der Waals surface area contributed by atoms with Crippen LogP contribution in [0.3, 0.4) is 0 Å². The lowest BCUT2D eigenvalue weighted by atomic mass is 9.74. The number of hydrogen-bond acceptors (Lipinski definition) is 3. The SMILES string of the molecule is CC(C)c1cccc(CC(C)(C)c2cccc(CN(Cc3cccc(C(C)(C)Cc4cccc(C(C)C)c4O)c3)C(c3ccccc3)(c3ccccc3)c3ccccc3)c2)c1O. The number of rotatable bonds is 16. The molecule has 0 aromatic heterocycles. The van der Waals surface area contributed by atoms with Crippen LogP contribution < -0.4 is 0 Å². The Hall–Kier alpha value is -5.90. The van der Waals surface area contributed by atoms with Gasteiger partial charge in [-0.2, -0.15) is 0 Å². The molecule has 3 heteroatoms. The molecule has 0 fully saturated rings. The van der Waals surface area contributed by atoms with E-state index >= 15 is 0 Å². The molecule has 0 aliphatic heterocycles. The van der Waals surface area contributed by atoms with E-state index in [1.165, 1.54) is 38.9 Å². The highest BCUT2D eigenvalue weighted by Crippen LogP contribution is 2.45. The van der Waals surface area contributed by atoms with Gasteiger partial charge in [-0.1, -0.05) is 231 Å². The van der Waals surface area contributed by atoms with Gasteiger partial charge in [0.25, 0.3) is 0 Å². The minimum Gasteiger partial charge on any atom is -0.507 e. The largest absolute Gasteiger partial charge is 0.507 e. The molecule has 0 saturated carbocycles. The maximum absolute atomic E-state index is 11.4. The van der Waals surface area contributed by atoms with Crippen molar-refractivity contribution in [3.8, 4) is 11.5 Å². The van der Waals surface area contributed by atoms with Crippen molar-refractivity contribution in [1.29, 1.82) is 0 Å². The first-order valence-electron chi connectivity index (χ1n) is 22.4. The molecule has 0 amide bonds. The van der Waals surface area contributed by atoms with Gasteiger partial charge in [-0.05, 0) is 96.7 Å².